The lowest BCUT2D eigenvalue weighted by Gasteiger charge is -2.16. The molecule has 0 aromatic heterocycles. The Kier molecular flexibility index (Phi) is 5.47. The van der Waals surface area contributed by atoms with Crippen molar-refractivity contribution >= 4 is 0 Å². The van der Waals surface area contributed by atoms with Crippen LogP contribution in [0.3, 0.4) is 0 Å². The molecule has 1 unspecified atom stereocenters. The number of rotatable bonds is 6. The van der Waals surface area contributed by atoms with Gasteiger partial charge in [-0.3, -0.25) is 0 Å². The minimum Gasteiger partial charge on any atom is -0.493 e. The van der Waals surface area contributed by atoms with Crippen LogP contribution in [-0.2, 0) is 6.42 Å². The summed E-state index contributed by atoms with van der Waals surface area (Å²) in [6.07, 6.45) is -4.72. The molecule has 0 aliphatic carbocycles. The van der Waals surface area contributed by atoms with E-state index < -0.39 is 19.2 Å². The average molecular weight is 277 g/mol. The largest absolute Gasteiger partial charge is 0.493 e. The fourth-order valence-corrected chi connectivity index (χ4v) is 1.66. The Labute approximate surface area is 110 Å². The molecule has 1 atom stereocenters. The Hall–Kier alpha value is -1.43. The van der Waals surface area contributed by atoms with E-state index in [0.717, 1.165) is 5.56 Å². The molecule has 0 aliphatic rings. The Morgan fingerprint density at radius 1 is 1.32 bits per heavy atom. The predicted molar refractivity (Wildman–Crippen MR) is 66.5 cm³/mol. The highest BCUT2D eigenvalue weighted by Gasteiger charge is 2.27. The summed E-state index contributed by atoms with van der Waals surface area (Å²) in [7, 11) is 1.45. The van der Waals surface area contributed by atoms with Crippen LogP contribution in [0, 0.1) is 0 Å². The van der Waals surface area contributed by atoms with Gasteiger partial charge in [0.05, 0.1) is 20.1 Å². The van der Waals surface area contributed by atoms with Gasteiger partial charge in [-0.15, -0.1) is 0 Å². The number of hydrogen-bond acceptors (Lipinski definition) is 3. The van der Waals surface area contributed by atoms with Crippen LogP contribution in [0.15, 0.2) is 18.2 Å². The van der Waals surface area contributed by atoms with Gasteiger partial charge >= 0.3 is 6.18 Å². The van der Waals surface area contributed by atoms with E-state index in [1.807, 2.05) is 6.92 Å². The second-order valence-electron chi connectivity index (χ2n) is 4.34. The van der Waals surface area contributed by atoms with E-state index in [2.05, 4.69) is 0 Å². The molecule has 0 heterocycles. The van der Waals surface area contributed by atoms with Gasteiger partial charge in [-0.2, -0.15) is 13.2 Å². The summed E-state index contributed by atoms with van der Waals surface area (Å²) in [6, 6.07) is 5.06. The first kappa shape index (κ1) is 15.6. The molecule has 108 valence electrons. The van der Waals surface area contributed by atoms with Gasteiger partial charge in [0.2, 0.25) is 0 Å². The lowest BCUT2D eigenvalue weighted by atomic mass is 10.1. The number of nitrogens with two attached hydrogens (primary N) is 1. The van der Waals surface area contributed by atoms with E-state index >= 15 is 0 Å². The molecule has 0 saturated carbocycles. The number of para-hydroxylation sites is 1. The summed E-state index contributed by atoms with van der Waals surface area (Å²) in [5, 5.41) is 0. The molecule has 6 heteroatoms. The van der Waals surface area contributed by atoms with E-state index in [4.69, 9.17) is 15.2 Å². The highest BCUT2D eigenvalue weighted by atomic mass is 19.4. The van der Waals surface area contributed by atoms with E-state index in [0.29, 0.717) is 17.9 Å². The molecule has 19 heavy (non-hydrogen) atoms. The molecule has 1 aromatic rings. The van der Waals surface area contributed by atoms with E-state index in [9.17, 15) is 13.2 Å². The first-order valence-electron chi connectivity index (χ1n) is 5.94. The molecule has 0 fully saturated rings. The highest BCUT2D eigenvalue weighted by Crippen LogP contribution is 2.32. The van der Waals surface area contributed by atoms with Gasteiger partial charge in [0, 0.05) is 6.04 Å². The molecule has 0 radical (unpaired) electrons. The van der Waals surface area contributed by atoms with Gasteiger partial charge in [-0.25, -0.2) is 0 Å². The number of methoxy groups -OCH3 is 1. The summed E-state index contributed by atoms with van der Waals surface area (Å²) in [5.74, 6) is 0.756. The maximum atomic E-state index is 12.1. The van der Waals surface area contributed by atoms with Crippen molar-refractivity contribution in [2.45, 2.75) is 32.0 Å². The van der Waals surface area contributed by atoms with Crippen LogP contribution in [-0.4, -0.2) is 25.9 Å². The SMILES string of the molecule is COc1cccc(CC(C)N)c1OCCC(F)(F)F. The van der Waals surface area contributed by atoms with Crippen LogP contribution < -0.4 is 15.2 Å². The average Bonchev–Trinajstić information content (AvgIpc) is 2.28. The lowest BCUT2D eigenvalue weighted by Crippen LogP contribution is -2.19. The molecule has 0 spiro atoms. The number of benzene rings is 1. The Morgan fingerprint density at radius 3 is 2.53 bits per heavy atom. The Balaban J connectivity index is 2.83. The van der Waals surface area contributed by atoms with Crippen molar-refractivity contribution in [1.29, 1.82) is 0 Å². The minimum atomic E-state index is -4.23. The van der Waals surface area contributed by atoms with Crippen LogP contribution in [0.2, 0.25) is 0 Å². The Bertz CT molecular complexity index is 405. The van der Waals surface area contributed by atoms with E-state index in [-0.39, 0.29) is 6.04 Å². The van der Waals surface area contributed by atoms with E-state index in [1.165, 1.54) is 7.11 Å². The van der Waals surface area contributed by atoms with Crippen molar-refractivity contribution in [2.75, 3.05) is 13.7 Å². The van der Waals surface area contributed by atoms with Crippen molar-refractivity contribution in [1.82, 2.24) is 0 Å². The van der Waals surface area contributed by atoms with Crippen molar-refractivity contribution in [3.63, 3.8) is 0 Å². The number of alkyl halides is 3. The van der Waals surface area contributed by atoms with Gasteiger partial charge in [-0.1, -0.05) is 12.1 Å². The number of ether oxygens (including phenoxy) is 2. The van der Waals surface area contributed by atoms with Crippen LogP contribution in [0.4, 0.5) is 13.2 Å². The summed E-state index contributed by atoms with van der Waals surface area (Å²) in [4.78, 5) is 0. The maximum Gasteiger partial charge on any atom is 0.392 e. The first-order valence-corrected chi connectivity index (χ1v) is 5.94. The standard InChI is InChI=1S/C13H18F3NO2/c1-9(17)8-10-4-3-5-11(18-2)12(10)19-7-6-13(14,15)16/h3-5,9H,6-8,17H2,1-2H3. The smallest absolute Gasteiger partial charge is 0.392 e. The van der Waals surface area contributed by atoms with Gasteiger partial charge in [0.1, 0.15) is 0 Å². The van der Waals surface area contributed by atoms with Crippen molar-refractivity contribution in [3.8, 4) is 11.5 Å². The molecule has 0 bridgehead atoms. The molecule has 0 amide bonds. The topological polar surface area (TPSA) is 44.5 Å². The van der Waals surface area contributed by atoms with Crippen LogP contribution in [0.1, 0.15) is 18.9 Å². The summed E-state index contributed by atoms with van der Waals surface area (Å²) in [6.45, 7) is 1.38. The third-order valence-corrected chi connectivity index (χ3v) is 2.45. The zero-order valence-corrected chi connectivity index (χ0v) is 11.0. The zero-order valence-electron chi connectivity index (χ0n) is 11.0. The van der Waals surface area contributed by atoms with Gasteiger partial charge in [0.15, 0.2) is 11.5 Å². The molecule has 3 nitrogen and oxygen atoms in total. The molecular weight excluding hydrogens is 259 g/mol. The normalized spacial score (nSPS) is 13.2. The third-order valence-electron chi connectivity index (χ3n) is 2.45. The van der Waals surface area contributed by atoms with Crippen molar-refractivity contribution in [2.24, 2.45) is 5.73 Å². The predicted octanol–water partition coefficient (Wildman–Crippen LogP) is 2.92. The fraction of sp³-hybridized carbons (Fsp3) is 0.538. The Morgan fingerprint density at radius 2 is 2.00 bits per heavy atom. The number of hydrogen-bond donors (Lipinski definition) is 1. The molecule has 0 aliphatic heterocycles. The number of halogens is 3. The monoisotopic (exact) mass is 277 g/mol. The van der Waals surface area contributed by atoms with E-state index in [1.54, 1.807) is 18.2 Å². The minimum absolute atomic E-state index is 0.114. The van der Waals surface area contributed by atoms with Gasteiger partial charge < -0.3 is 15.2 Å². The third kappa shape index (κ3) is 5.38. The molecule has 1 rings (SSSR count). The van der Waals surface area contributed by atoms with Crippen LogP contribution in [0.5, 0.6) is 11.5 Å². The van der Waals surface area contributed by atoms with Crippen molar-refractivity contribution in [3.05, 3.63) is 23.8 Å². The van der Waals surface area contributed by atoms with Gasteiger partial charge in [0.25, 0.3) is 0 Å². The van der Waals surface area contributed by atoms with Crippen LogP contribution >= 0.6 is 0 Å². The zero-order chi connectivity index (χ0) is 14.5. The lowest BCUT2D eigenvalue weighted by molar-refractivity contribution is -0.139. The quantitative estimate of drug-likeness (QED) is 0.869. The molecule has 2 N–H and O–H groups in total. The molecular formula is C13H18F3NO2. The molecule has 1 aromatic carbocycles. The fourth-order valence-electron chi connectivity index (χ4n) is 1.66. The summed E-state index contributed by atoms with van der Waals surface area (Å²) >= 11 is 0. The second-order valence-corrected chi connectivity index (χ2v) is 4.34. The second kappa shape index (κ2) is 6.65. The summed E-state index contributed by atoms with van der Waals surface area (Å²) in [5.41, 5.74) is 6.45. The molecule has 0 saturated heterocycles. The van der Waals surface area contributed by atoms with Crippen LogP contribution in [0.25, 0.3) is 0 Å². The maximum absolute atomic E-state index is 12.1. The summed E-state index contributed by atoms with van der Waals surface area (Å²) < 4.78 is 46.7. The van der Waals surface area contributed by atoms with Gasteiger partial charge in [-0.05, 0) is 25.0 Å². The first-order chi connectivity index (χ1) is 8.83. The van der Waals surface area contributed by atoms with Crippen molar-refractivity contribution < 1.29 is 22.6 Å². The highest BCUT2D eigenvalue weighted by molar-refractivity contribution is 5.47.